The van der Waals surface area contributed by atoms with Gasteiger partial charge in [-0.25, -0.2) is 9.97 Å². The third-order valence-corrected chi connectivity index (χ3v) is 6.17. The van der Waals surface area contributed by atoms with Gasteiger partial charge >= 0.3 is 0 Å². The van der Waals surface area contributed by atoms with Gasteiger partial charge in [0.05, 0.1) is 6.54 Å². The second-order valence-corrected chi connectivity index (χ2v) is 7.97. The van der Waals surface area contributed by atoms with E-state index < -0.39 is 11.7 Å². The second-order valence-electron chi connectivity index (χ2n) is 7.97. The molecule has 0 aliphatic carbocycles. The van der Waals surface area contributed by atoms with Gasteiger partial charge in [-0.3, -0.25) is 9.59 Å². The van der Waals surface area contributed by atoms with Crippen LogP contribution in [0.5, 0.6) is 0 Å². The van der Waals surface area contributed by atoms with Gasteiger partial charge in [0.15, 0.2) is 6.10 Å². The maximum atomic E-state index is 13.0. The number of piperidine rings is 1. The van der Waals surface area contributed by atoms with E-state index in [0.29, 0.717) is 51.3 Å². The van der Waals surface area contributed by atoms with Crippen molar-refractivity contribution < 1.29 is 14.3 Å². The summed E-state index contributed by atoms with van der Waals surface area (Å²) < 4.78 is 8.51. The van der Waals surface area contributed by atoms with Crippen LogP contribution in [-0.4, -0.2) is 68.4 Å². The van der Waals surface area contributed by atoms with Crippen molar-refractivity contribution in [3.05, 3.63) is 47.8 Å². The number of aryl methyl sites for hydroxylation is 1. The van der Waals surface area contributed by atoms with E-state index in [1.165, 1.54) is 0 Å². The lowest BCUT2D eigenvalue weighted by Crippen LogP contribution is -2.55. The van der Waals surface area contributed by atoms with E-state index in [-0.39, 0.29) is 11.8 Å². The third kappa shape index (κ3) is 3.60. The molecule has 8 nitrogen and oxygen atoms in total. The fourth-order valence-corrected chi connectivity index (χ4v) is 4.50. The Morgan fingerprint density at radius 2 is 1.97 bits per heavy atom. The van der Waals surface area contributed by atoms with Crippen LogP contribution in [0.25, 0.3) is 0 Å². The van der Waals surface area contributed by atoms with Crippen molar-refractivity contribution in [2.45, 2.75) is 51.9 Å². The van der Waals surface area contributed by atoms with Crippen molar-refractivity contribution in [1.29, 1.82) is 0 Å². The monoisotopic (exact) mass is 411 g/mol. The Hall–Kier alpha value is -2.74. The molecule has 2 amide bonds. The number of pyridine rings is 1. The molecule has 0 radical (unpaired) electrons. The molecule has 1 atom stereocenters. The zero-order chi connectivity index (χ0) is 21.3. The number of likely N-dealkylation sites (N-methyl/N-ethyl adjacent to an activating group) is 1. The number of fused-ring (bicyclic) bond motifs is 2. The fourth-order valence-electron chi connectivity index (χ4n) is 4.50. The van der Waals surface area contributed by atoms with Crippen molar-refractivity contribution in [2.75, 3.05) is 26.2 Å². The minimum absolute atomic E-state index is 0.0150. The predicted molar refractivity (Wildman–Crippen MR) is 111 cm³/mol. The number of rotatable bonds is 4. The van der Waals surface area contributed by atoms with Crippen LogP contribution in [0.3, 0.4) is 0 Å². The summed E-state index contributed by atoms with van der Waals surface area (Å²) in [6, 6.07) is 5.48. The molecule has 1 fully saturated rings. The lowest BCUT2D eigenvalue weighted by molar-refractivity contribution is -0.179. The number of carbonyl (C=O) groups is 2. The number of carbonyl (C=O) groups excluding carboxylic acids is 2. The van der Waals surface area contributed by atoms with Gasteiger partial charge in [0.25, 0.3) is 11.8 Å². The Morgan fingerprint density at radius 3 is 2.63 bits per heavy atom. The summed E-state index contributed by atoms with van der Waals surface area (Å²) in [5, 5.41) is 0. The molecular formula is C22H29N5O3. The van der Waals surface area contributed by atoms with E-state index in [1.807, 2.05) is 53.5 Å². The third-order valence-electron chi connectivity index (χ3n) is 6.17. The second kappa shape index (κ2) is 8.18. The average molecular weight is 412 g/mol. The first-order valence-electron chi connectivity index (χ1n) is 10.7. The van der Waals surface area contributed by atoms with Crippen molar-refractivity contribution >= 4 is 11.8 Å². The number of likely N-dealkylation sites (tertiary alicyclic amines) is 1. The summed E-state index contributed by atoms with van der Waals surface area (Å²) >= 11 is 0. The highest BCUT2D eigenvalue weighted by atomic mass is 16.5. The lowest BCUT2D eigenvalue weighted by atomic mass is 9.88. The van der Waals surface area contributed by atoms with Gasteiger partial charge in [0.2, 0.25) is 0 Å². The van der Waals surface area contributed by atoms with Gasteiger partial charge in [0, 0.05) is 57.1 Å². The maximum Gasteiger partial charge on any atom is 0.272 e. The lowest BCUT2D eigenvalue weighted by Gasteiger charge is -2.46. The standard InChI is InChI=1S/C22H29N5O3/c1-4-25(5-2)20(29)18-15-27-14-11-23-21(27)22(30-18)9-12-26(13-10-22)19(28)17-8-6-7-16(3)24-17/h6-8,11,14,18H,4-5,9-10,12-13,15H2,1-3H3/t18-/m0/s1. The molecular weight excluding hydrogens is 382 g/mol. The Bertz CT molecular complexity index is 928. The van der Waals surface area contributed by atoms with E-state index in [2.05, 4.69) is 9.97 Å². The molecule has 0 unspecified atom stereocenters. The zero-order valence-corrected chi connectivity index (χ0v) is 17.9. The minimum Gasteiger partial charge on any atom is -0.352 e. The molecule has 1 spiro atoms. The van der Waals surface area contributed by atoms with E-state index in [9.17, 15) is 9.59 Å². The van der Waals surface area contributed by atoms with Gasteiger partial charge in [-0.15, -0.1) is 0 Å². The summed E-state index contributed by atoms with van der Waals surface area (Å²) in [5.74, 6) is 0.802. The largest absolute Gasteiger partial charge is 0.352 e. The Balaban J connectivity index is 1.53. The molecule has 4 heterocycles. The normalized spacial score (nSPS) is 20.1. The van der Waals surface area contributed by atoms with Gasteiger partial charge in [0.1, 0.15) is 17.1 Å². The first kappa shape index (κ1) is 20.5. The molecule has 8 heteroatoms. The fraction of sp³-hybridized carbons (Fsp3) is 0.545. The highest BCUT2D eigenvalue weighted by Gasteiger charge is 2.48. The minimum atomic E-state index is -0.647. The highest BCUT2D eigenvalue weighted by molar-refractivity contribution is 5.92. The first-order valence-corrected chi connectivity index (χ1v) is 10.7. The smallest absolute Gasteiger partial charge is 0.272 e. The number of nitrogens with zero attached hydrogens (tertiary/aromatic N) is 5. The molecule has 0 aromatic carbocycles. The Kier molecular flexibility index (Phi) is 5.60. The summed E-state index contributed by atoms with van der Waals surface area (Å²) in [7, 11) is 0. The van der Waals surface area contributed by atoms with Crippen LogP contribution in [0.15, 0.2) is 30.6 Å². The van der Waals surface area contributed by atoms with Gasteiger partial charge in [-0.2, -0.15) is 0 Å². The van der Waals surface area contributed by atoms with Crippen LogP contribution >= 0.6 is 0 Å². The van der Waals surface area contributed by atoms with Crippen LogP contribution in [0.4, 0.5) is 0 Å². The SMILES string of the molecule is CCN(CC)C(=O)[C@@H]1Cn2ccnc2C2(CCN(C(=O)c3cccc(C)n3)CC2)O1. The molecule has 2 aromatic heterocycles. The van der Waals surface area contributed by atoms with Crippen LogP contribution in [0.2, 0.25) is 0 Å². The molecule has 2 aliphatic heterocycles. The molecule has 2 aromatic rings. The summed E-state index contributed by atoms with van der Waals surface area (Å²) in [6.45, 7) is 8.70. The van der Waals surface area contributed by atoms with Crippen molar-refractivity contribution in [2.24, 2.45) is 0 Å². The quantitative estimate of drug-likeness (QED) is 0.769. The molecule has 0 saturated carbocycles. The van der Waals surface area contributed by atoms with Crippen molar-refractivity contribution in [3.8, 4) is 0 Å². The molecule has 0 N–H and O–H groups in total. The van der Waals surface area contributed by atoms with E-state index in [0.717, 1.165) is 11.5 Å². The van der Waals surface area contributed by atoms with Crippen molar-refractivity contribution in [3.63, 3.8) is 0 Å². The van der Waals surface area contributed by atoms with Crippen LogP contribution in [0.1, 0.15) is 48.7 Å². The molecule has 4 rings (SSSR count). The van der Waals surface area contributed by atoms with Crippen LogP contribution in [-0.2, 0) is 21.7 Å². The van der Waals surface area contributed by atoms with Crippen molar-refractivity contribution in [1.82, 2.24) is 24.3 Å². The zero-order valence-electron chi connectivity index (χ0n) is 17.9. The summed E-state index contributed by atoms with van der Waals surface area (Å²) in [4.78, 5) is 38.4. The van der Waals surface area contributed by atoms with Gasteiger partial charge < -0.3 is 19.1 Å². The number of hydrogen-bond acceptors (Lipinski definition) is 5. The summed E-state index contributed by atoms with van der Waals surface area (Å²) in [6.07, 6.45) is 4.34. The van der Waals surface area contributed by atoms with Crippen LogP contribution in [0, 0.1) is 6.92 Å². The first-order chi connectivity index (χ1) is 14.5. The number of ether oxygens (including phenoxy) is 1. The number of amides is 2. The van der Waals surface area contributed by atoms with Crippen LogP contribution < -0.4 is 0 Å². The number of hydrogen-bond donors (Lipinski definition) is 0. The molecule has 1 saturated heterocycles. The number of aromatic nitrogens is 3. The number of imidazole rings is 1. The van der Waals surface area contributed by atoms with E-state index in [4.69, 9.17) is 4.74 Å². The van der Waals surface area contributed by atoms with E-state index in [1.54, 1.807) is 12.3 Å². The molecule has 160 valence electrons. The van der Waals surface area contributed by atoms with Gasteiger partial charge in [-0.05, 0) is 32.9 Å². The average Bonchev–Trinajstić information content (AvgIpc) is 3.24. The summed E-state index contributed by atoms with van der Waals surface area (Å²) in [5.41, 5.74) is 0.641. The van der Waals surface area contributed by atoms with Gasteiger partial charge in [-0.1, -0.05) is 6.07 Å². The Labute approximate surface area is 176 Å². The highest BCUT2D eigenvalue weighted by Crippen LogP contribution is 2.40. The molecule has 0 bridgehead atoms. The topological polar surface area (TPSA) is 80.6 Å². The predicted octanol–water partition coefficient (Wildman–Crippen LogP) is 1.99. The maximum absolute atomic E-state index is 13.0. The Morgan fingerprint density at radius 1 is 1.23 bits per heavy atom. The molecule has 30 heavy (non-hydrogen) atoms. The molecule has 2 aliphatic rings. The van der Waals surface area contributed by atoms with E-state index >= 15 is 0 Å².